The van der Waals surface area contributed by atoms with E-state index in [1.54, 1.807) is 0 Å². The third-order valence-electron chi connectivity index (χ3n) is 3.95. The first-order valence-electron chi connectivity index (χ1n) is 6.06. The maximum absolute atomic E-state index is 11.7. The number of piperidine rings is 1. The summed E-state index contributed by atoms with van der Waals surface area (Å²) in [6.07, 6.45) is 5.92. The predicted octanol–water partition coefficient (Wildman–Crippen LogP) is 1.72. The number of nitrogens with one attached hydrogen (secondary N) is 1. The van der Waals surface area contributed by atoms with Crippen LogP contribution in [-0.2, 0) is 9.53 Å². The Balaban J connectivity index is 2.09. The number of carbonyl (C=O) groups is 1. The topological polar surface area (TPSA) is 38.3 Å². The molecule has 1 saturated heterocycles. The van der Waals surface area contributed by atoms with E-state index in [4.69, 9.17) is 4.74 Å². The standard InChI is InChI=1S/C12H21NO2/c1-8-7-10(12(14)15-2)9-5-3-4-6-11(9)13-8/h8-11,13H,3-7H2,1-2H3. The summed E-state index contributed by atoms with van der Waals surface area (Å²) in [5.74, 6) is 0.652. The van der Waals surface area contributed by atoms with Crippen molar-refractivity contribution in [2.45, 2.75) is 51.1 Å². The van der Waals surface area contributed by atoms with Crippen molar-refractivity contribution in [1.29, 1.82) is 0 Å². The summed E-state index contributed by atoms with van der Waals surface area (Å²) in [5.41, 5.74) is 0. The van der Waals surface area contributed by atoms with Gasteiger partial charge in [-0.2, -0.15) is 0 Å². The largest absolute Gasteiger partial charge is 0.469 e. The smallest absolute Gasteiger partial charge is 0.309 e. The zero-order valence-electron chi connectivity index (χ0n) is 9.66. The molecular formula is C12H21NO2. The summed E-state index contributed by atoms with van der Waals surface area (Å²) < 4.78 is 4.92. The van der Waals surface area contributed by atoms with E-state index in [0.29, 0.717) is 18.0 Å². The maximum Gasteiger partial charge on any atom is 0.309 e. The maximum atomic E-state index is 11.7. The number of esters is 1. The van der Waals surface area contributed by atoms with Gasteiger partial charge >= 0.3 is 5.97 Å². The second kappa shape index (κ2) is 4.52. The first-order chi connectivity index (χ1) is 7.22. The molecule has 0 aromatic heterocycles. The van der Waals surface area contributed by atoms with E-state index >= 15 is 0 Å². The Labute approximate surface area is 91.6 Å². The van der Waals surface area contributed by atoms with Gasteiger partial charge in [0, 0.05) is 12.1 Å². The number of hydrogen-bond acceptors (Lipinski definition) is 3. The van der Waals surface area contributed by atoms with E-state index in [2.05, 4.69) is 12.2 Å². The van der Waals surface area contributed by atoms with Crippen LogP contribution in [0.4, 0.5) is 0 Å². The van der Waals surface area contributed by atoms with Crippen LogP contribution in [0.1, 0.15) is 39.0 Å². The third-order valence-corrected chi connectivity index (χ3v) is 3.95. The monoisotopic (exact) mass is 211 g/mol. The van der Waals surface area contributed by atoms with Crippen LogP contribution < -0.4 is 5.32 Å². The quantitative estimate of drug-likeness (QED) is 0.671. The van der Waals surface area contributed by atoms with Gasteiger partial charge in [0.05, 0.1) is 13.0 Å². The van der Waals surface area contributed by atoms with Gasteiger partial charge in [0.1, 0.15) is 0 Å². The van der Waals surface area contributed by atoms with E-state index in [9.17, 15) is 4.79 Å². The van der Waals surface area contributed by atoms with E-state index in [0.717, 1.165) is 6.42 Å². The van der Waals surface area contributed by atoms with Crippen LogP contribution in [0, 0.1) is 11.8 Å². The molecule has 4 unspecified atom stereocenters. The van der Waals surface area contributed by atoms with Gasteiger partial charge in [0.2, 0.25) is 0 Å². The Morgan fingerprint density at radius 2 is 2.07 bits per heavy atom. The number of methoxy groups -OCH3 is 1. The predicted molar refractivity (Wildman–Crippen MR) is 58.5 cm³/mol. The Bertz CT molecular complexity index is 242. The molecule has 0 radical (unpaired) electrons. The molecule has 0 aromatic carbocycles. The van der Waals surface area contributed by atoms with Gasteiger partial charge in [-0.3, -0.25) is 4.79 Å². The van der Waals surface area contributed by atoms with Crippen LogP contribution in [0.3, 0.4) is 0 Å². The van der Waals surface area contributed by atoms with Crippen LogP contribution >= 0.6 is 0 Å². The molecule has 0 spiro atoms. The van der Waals surface area contributed by atoms with Crippen molar-refractivity contribution < 1.29 is 9.53 Å². The molecule has 1 heterocycles. The lowest BCUT2D eigenvalue weighted by Gasteiger charge is -2.43. The number of ether oxygens (including phenoxy) is 1. The Morgan fingerprint density at radius 1 is 1.33 bits per heavy atom. The zero-order valence-corrected chi connectivity index (χ0v) is 9.66. The highest BCUT2D eigenvalue weighted by atomic mass is 16.5. The molecule has 2 fully saturated rings. The Morgan fingerprint density at radius 3 is 2.80 bits per heavy atom. The first kappa shape index (κ1) is 10.9. The summed E-state index contributed by atoms with van der Waals surface area (Å²) in [5, 5.41) is 3.62. The summed E-state index contributed by atoms with van der Waals surface area (Å²) in [6.45, 7) is 2.17. The minimum Gasteiger partial charge on any atom is -0.469 e. The van der Waals surface area contributed by atoms with Gasteiger partial charge in [0.15, 0.2) is 0 Å². The minimum absolute atomic E-state index is 0.000231. The number of carbonyl (C=O) groups excluding carboxylic acids is 1. The average Bonchev–Trinajstić information content (AvgIpc) is 2.26. The molecule has 4 atom stereocenters. The molecule has 0 bridgehead atoms. The molecule has 3 nitrogen and oxygen atoms in total. The molecule has 1 aliphatic carbocycles. The van der Waals surface area contributed by atoms with E-state index in [-0.39, 0.29) is 11.9 Å². The Hall–Kier alpha value is -0.570. The lowest BCUT2D eigenvalue weighted by atomic mass is 9.71. The normalized spacial score (nSPS) is 40.7. The summed E-state index contributed by atoms with van der Waals surface area (Å²) >= 11 is 0. The van der Waals surface area contributed by atoms with Gasteiger partial charge in [0.25, 0.3) is 0 Å². The van der Waals surface area contributed by atoms with Crippen molar-refractivity contribution in [3.05, 3.63) is 0 Å². The van der Waals surface area contributed by atoms with E-state index < -0.39 is 0 Å². The third kappa shape index (κ3) is 2.17. The Kier molecular flexibility index (Phi) is 3.29. The van der Waals surface area contributed by atoms with Crippen molar-refractivity contribution in [3.8, 4) is 0 Å². The highest BCUT2D eigenvalue weighted by Gasteiger charge is 2.41. The van der Waals surface area contributed by atoms with Gasteiger partial charge in [-0.15, -0.1) is 0 Å². The second-order valence-corrected chi connectivity index (χ2v) is 4.99. The summed E-state index contributed by atoms with van der Waals surface area (Å²) in [7, 11) is 1.51. The van der Waals surface area contributed by atoms with Crippen LogP contribution in [0.15, 0.2) is 0 Å². The summed E-state index contributed by atoms with van der Waals surface area (Å²) in [4.78, 5) is 11.7. The van der Waals surface area contributed by atoms with Gasteiger partial charge in [-0.1, -0.05) is 12.8 Å². The molecule has 1 aliphatic heterocycles. The lowest BCUT2D eigenvalue weighted by molar-refractivity contribution is -0.150. The average molecular weight is 211 g/mol. The van der Waals surface area contributed by atoms with Crippen LogP contribution in [0.2, 0.25) is 0 Å². The van der Waals surface area contributed by atoms with Gasteiger partial charge < -0.3 is 10.1 Å². The fourth-order valence-corrected chi connectivity index (χ4v) is 3.26. The fraction of sp³-hybridized carbons (Fsp3) is 0.917. The molecule has 2 rings (SSSR count). The molecule has 15 heavy (non-hydrogen) atoms. The van der Waals surface area contributed by atoms with Crippen molar-refractivity contribution in [2.24, 2.45) is 11.8 Å². The number of rotatable bonds is 1. The molecule has 3 heteroatoms. The number of fused-ring (bicyclic) bond motifs is 1. The molecule has 1 saturated carbocycles. The van der Waals surface area contributed by atoms with Crippen molar-refractivity contribution in [1.82, 2.24) is 5.32 Å². The van der Waals surface area contributed by atoms with Crippen molar-refractivity contribution >= 4 is 5.97 Å². The fourth-order valence-electron chi connectivity index (χ4n) is 3.26. The summed E-state index contributed by atoms with van der Waals surface area (Å²) in [6, 6.07) is 1.00. The van der Waals surface area contributed by atoms with Crippen LogP contribution in [-0.4, -0.2) is 25.2 Å². The van der Waals surface area contributed by atoms with Crippen LogP contribution in [0.25, 0.3) is 0 Å². The van der Waals surface area contributed by atoms with Crippen molar-refractivity contribution in [3.63, 3.8) is 0 Å². The molecule has 2 aliphatic rings. The van der Waals surface area contributed by atoms with Gasteiger partial charge in [-0.05, 0) is 32.1 Å². The molecule has 0 amide bonds. The molecule has 86 valence electrons. The van der Waals surface area contributed by atoms with E-state index in [1.807, 2.05) is 0 Å². The SMILES string of the molecule is COC(=O)C1CC(C)NC2CCCCC21. The highest BCUT2D eigenvalue weighted by molar-refractivity contribution is 5.73. The highest BCUT2D eigenvalue weighted by Crippen LogP contribution is 2.37. The van der Waals surface area contributed by atoms with Crippen molar-refractivity contribution in [2.75, 3.05) is 7.11 Å². The lowest BCUT2D eigenvalue weighted by Crippen LogP contribution is -2.53. The molecular weight excluding hydrogens is 190 g/mol. The molecule has 0 aromatic rings. The van der Waals surface area contributed by atoms with E-state index in [1.165, 1.54) is 32.8 Å². The first-order valence-corrected chi connectivity index (χ1v) is 6.06. The van der Waals surface area contributed by atoms with Crippen LogP contribution in [0.5, 0.6) is 0 Å². The number of hydrogen-bond donors (Lipinski definition) is 1. The second-order valence-electron chi connectivity index (χ2n) is 4.99. The minimum atomic E-state index is 0.000231. The zero-order chi connectivity index (χ0) is 10.8. The molecule has 1 N–H and O–H groups in total. The van der Waals surface area contributed by atoms with Gasteiger partial charge in [-0.25, -0.2) is 0 Å².